The number of carbonyl (C=O) groups excluding carboxylic acids is 2. The molecule has 4 rings (SSSR count). The molecule has 4 aliphatic carbocycles. The summed E-state index contributed by atoms with van der Waals surface area (Å²) in [6.07, 6.45) is 10.9. The van der Waals surface area contributed by atoms with Crippen LogP contribution >= 0.6 is 0 Å². The summed E-state index contributed by atoms with van der Waals surface area (Å²) in [7, 11) is 0. The van der Waals surface area contributed by atoms with E-state index in [1.165, 1.54) is 0 Å². The lowest BCUT2D eigenvalue weighted by Gasteiger charge is -2.59. The van der Waals surface area contributed by atoms with Crippen molar-refractivity contribution in [3.8, 4) is 0 Å². The van der Waals surface area contributed by atoms with Crippen molar-refractivity contribution in [1.29, 1.82) is 0 Å². The minimum Gasteiger partial charge on any atom is -0.385 e. The van der Waals surface area contributed by atoms with Gasteiger partial charge in [-0.3, -0.25) is 9.59 Å². The van der Waals surface area contributed by atoms with Gasteiger partial charge in [0.05, 0.1) is 5.60 Å². The van der Waals surface area contributed by atoms with Gasteiger partial charge in [-0.15, -0.1) is 0 Å². The predicted molar refractivity (Wildman–Crippen MR) is 92.2 cm³/mol. The summed E-state index contributed by atoms with van der Waals surface area (Å²) in [5.41, 5.74) is 0.0402. The quantitative estimate of drug-likeness (QED) is 0.800. The van der Waals surface area contributed by atoms with Crippen LogP contribution < -0.4 is 0 Å². The van der Waals surface area contributed by atoms with E-state index in [1.807, 2.05) is 12.2 Å². The van der Waals surface area contributed by atoms with Crippen LogP contribution in [0, 0.1) is 28.6 Å². The largest absolute Gasteiger partial charge is 0.385 e. The smallest absolute Gasteiger partial charge is 0.156 e. The molecule has 130 valence electrons. The van der Waals surface area contributed by atoms with Crippen molar-refractivity contribution in [1.82, 2.24) is 0 Å². The Morgan fingerprint density at radius 1 is 1.17 bits per heavy atom. The van der Waals surface area contributed by atoms with Gasteiger partial charge in [-0.25, -0.2) is 0 Å². The summed E-state index contributed by atoms with van der Waals surface area (Å²) < 4.78 is 0. The van der Waals surface area contributed by atoms with Crippen molar-refractivity contribution >= 4 is 11.6 Å². The van der Waals surface area contributed by atoms with Gasteiger partial charge in [-0.05, 0) is 67.4 Å². The molecule has 0 amide bonds. The lowest BCUT2D eigenvalue weighted by Crippen LogP contribution is -2.60. The van der Waals surface area contributed by atoms with E-state index in [1.54, 1.807) is 13.0 Å². The molecule has 4 aliphatic rings. The number of allylic oxidation sites excluding steroid dienone is 3. The molecule has 0 unspecified atom stereocenters. The SMILES string of the molecule is CC(=O)[C@H]1CC[C@H]2[C@@]3(O)C=CC4=CC(=O)CC[C@@]4(C)[C@@H]3CC[C@]12C. The Morgan fingerprint density at radius 3 is 2.62 bits per heavy atom. The molecule has 1 N–H and O–H groups in total. The monoisotopic (exact) mass is 328 g/mol. The molecule has 0 heterocycles. The fourth-order valence-electron chi connectivity index (χ4n) is 6.78. The average molecular weight is 328 g/mol. The van der Waals surface area contributed by atoms with Crippen molar-refractivity contribution in [2.45, 2.75) is 64.9 Å². The van der Waals surface area contributed by atoms with Gasteiger partial charge in [0.1, 0.15) is 5.78 Å². The Bertz CT molecular complexity index is 675. The number of aliphatic hydroxyl groups is 1. The van der Waals surface area contributed by atoms with Crippen molar-refractivity contribution in [3.05, 3.63) is 23.8 Å². The third kappa shape index (κ3) is 1.88. The number of rotatable bonds is 1. The van der Waals surface area contributed by atoms with Gasteiger partial charge in [0.15, 0.2) is 5.78 Å². The fraction of sp³-hybridized carbons (Fsp3) is 0.714. The number of hydrogen-bond acceptors (Lipinski definition) is 3. The van der Waals surface area contributed by atoms with E-state index in [2.05, 4.69) is 13.8 Å². The van der Waals surface area contributed by atoms with Crippen LogP contribution in [0.25, 0.3) is 0 Å². The van der Waals surface area contributed by atoms with Gasteiger partial charge in [-0.2, -0.15) is 0 Å². The first kappa shape index (κ1) is 16.3. The van der Waals surface area contributed by atoms with E-state index in [-0.39, 0.29) is 40.2 Å². The molecule has 0 radical (unpaired) electrons. The molecule has 0 aliphatic heterocycles. The minimum atomic E-state index is -0.844. The molecule has 0 bridgehead atoms. The Balaban J connectivity index is 1.79. The summed E-state index contributed by atoms with van der Waals surface area (Å²) in [5, 5.41) is 11.8. The third-order valence-corrected chi connectivity index (χ3v) is 8.08. The molecule has 3 nitrogen and oxygen atoms in total. The van der Waals surface area contributed by atoms with Crippen molar-refractivity contribution in [2.75, 3.05) is 0 Å². The van der Waals surface area contributed by atoms with Crippen LogP contribution in [-0.2, 0) is 9.59 Å². The lowest BCUT2D eigenvalue weighted by molar-refractivity contribution is -0.152. The highest BCUT2D eigenvalue weighted by molar-refractivity contribution is 5.92. The van der Waals surface area contributed by atoms with Gasteiger partial charge in [0.2, 0.25) is 0 Å². The fourth-order valence-corrected chi connectivity index (χ4v) is 6.78. The second-order valence-corrected chi connectivity index (χ2v) is 9.09. The summed E-state index contributed by atoms with van der Waals surface area (Å²) in [5.74, 6) is 0.856. The van der Waals surface area contributed by atoms with Crippen molar-refractivity contribution in [2.24, 2.45) is 28.6 Å². The van der Waals surface area contributed by atoms with E-state index in [0.717, 1.165) is 37.7 Å². The molecule has 0 aromatic rings. The van der Waals surface area contributed by atoms with E-state index in [4.69, 9.17) is 0 Å². The maximum Gasteiger partial charge on any atom is 0.156 e. The highest BCUT2D eigenvalue weighted by Crippen LogP contribution is 2.66. The molecule has 0 aromatic heterocycles. The molecule has 0 saturated heterocycles. The first-order valence-corrected chi connectivity index (χ1v) is 9.39. The van der Waals surface area contributed by atoms with E-state index < -0.39 is 5.60 Å². The minimum absolute atomic E-state index is 0.0820. The van der Waals surface area contributed by atoms with Crippen LogP contribution in [0.2, 0.25) is 0 Å². The normalized spacial score (nSPS) is 49.9. The number of carbonyl (C=O) groups is 2. The zero-order valence-corrected chi connectivity index (χ0v) is 15.0. The Hall–Kier alpha value is -1.22. The summed E-state index contributed by atoms with van der Waals surface area (Å²) in [6.45, 7) is 6.15. The first-order valence-electron chi connectivity index (χ1n) is 9.39. The van der Waals surface area contributed by atoms with Crippen LogP contribution in [0.3, 0.4) is 0 Å². The van der Waals surface area contributed by atoms with Gasteiger partial charge >= 0.3 is 0 Å². The summed E-state index contributed by atoms with van der Waals surface area (Å²) >= 11 is 0. The first-order chi connectivity index (χ1) is 11.2. The van der Waals surface area contributed by atoms with Crippen LogP contribution in [-0.4, -0.2) is 22.3 Å². The maximum atomic E-state index is 12.2. The summed E-state index contributed by atoms with van der Waals surface area (Å²) in [4.78, 5) is 24.0. The number of fused-ring (bicyclic) bond motifs is 5. The maximum absolute atomic E-state index is 12.2. The van der Waals surface area contributed by atoms with Crippen molar-refractivity contribution in [3.63, 3.8) is 0 Å². The molecular formula is C21H28O3. The van der Waals surface area contributed by atoms with Gasteiger partial charge in [0, 0.05) is 18.3 Å². The predicted octanol–water partition coefficient (Wildman–Crippen LogP) is 3.61. The number of ketones is 2. The zero-order chi connectivity index (χ0) is 17.3. The zero-order valence-electron chi connectivity index (χ0n) is 15.0. The molecule has 0 spiro atoms. The molecule has 6 atom stereocenters. The molecule has 3 heteroatoms. The second kappa shape index (κ2) is 4.91. The summed E-state index contributed by atoms with van der Waals surface area (Å²) in [6, 6.07) is 0. The molecule has 2 saturated carbocycles. The van der Waals surface area contributed by atoms with Crippen LogP contribution in [0.15, 0.2) is 23.8 Å². The highest BCUT2D eigenvalue weighted by Gasteiger charge is 2.64. The number of hydrogen-bond donors (Lipinski definition) is 1. The average Bonchev–Trinajstić information content (AvgIpc) is 2.87. The van der Waals surface area contributed by atoms with Gasteiger partial charge in [0.25, 0.3) is 0 Å². The molecule has 24 heavy (non-hydrogen) atoms. The van der Waals surface area contributed by atoms with Crippen LogP contribution in [0.5, 0.6) is 0 Å². The Kier molecular flexibility index (Phi) is 3.32. The van der Waals surface area contributed by atoms with E-state index in [9.17, 15) is 14.7 Å². The highest BCUT2D eigenvalue weighted by atomic mass is 16.3. The Morgan fingerprint density at radius 2 is 1.92 bits per heavy atom. The topological polar surface area (TPSA) is 54.4 Å². The lowest BCUT2D eigenvalue weighted by atomic mass is 9.46. The van der Waals surface area contributed by atoms with E-state index >= 15 is 0 Å². The van der Waals surface area contributed by atoms with Crippen LogP contribution in [0.1, 0.15) is 59.3 Å². The van der Waals surface area contributed by atoms with Crippen LogP contribution in [0.4, 0.5) is 0 Å². The van der Waals surface area contributed by atoms with E-state index in [0.29, 0.717) is 6.42 Å². The number of Topliss-reactive ketones (excluding diaryl/α,β-unsaturated/α-hetero) is 1. The standard InChI is InChI=1S/C21H28O3/c1-13(22)16-4-5-17-20(16,3)10-8-18-19(2)9-7-15(23)12-14(19)6-11-21(17,18)24/h6,11-12,16-18,24H,4-5,7-10H2,1-3H3/t16-,17-,18+,19-,20-,21+/m1/s1. The van der Waals surface area contributed by atoms with Crippen molar-refractivity contribution < 1.29 is 14.7 Å². The third-order valence-electron chi connectivity index (χ3n) is 8.08. The molecular weight excluding hydrogens is 300 g/mol. The Labute approximate surface area is 144 Å². The van der Waals surface area contributed by atoms with Gasteiger partial charge in [-0.1, -0.05) is 26.0 Å². The second-order valence-electron chi connectivity index (χ2n) is 9.09. The molecule has 2 fully saturated rings. The molecule has 0 aromatic carbocycles. The van der Waals surface area contributed by atoms with Gasteiger partial charge < -0.3 is 5.11 Å².